The predicted molar refractivity (Wildman–Crippen MR) is 74.6 cm³/mol. The Labute approximate surface area is 113 Å². The van der Waals surface area contributed by atoms with E-state index in [4.69, 9.17) is 10.3 Å². The summed E-state index contributed by atoms with van der Waals surface area (Å²) >= 11 is 0. The monoisotopic (exact) mass is 257 g/mol. The normalized spacial score (nSPS) is 17.9. The average Bonchev–Trinajstić information content (AvgIpc) is 2.95. The summed E-state index contributed by atoms with van der Waals surface area (Å²) in [5.41, 5.74) is 10.5. The summed E-state index contributed by atoms with van der Waals surface area (Å²) in [6, 6.07) is 8.70. The Bertz CT molecular complexity index is 591. The lowest BCUT2D eigenvalue weighted by Gasteiger charge is -2.24. The molecule has 0 amide bonds. The van der Waals surface area contributed by atoms with E-state index in [2.05, 4.69) is 29.2 Å². The molecule has 0 spiro atoms. The van der Waals surface area contributed by atoms with Crippen LogP contribution < -0.4 is 5.73 Å². The minimum Gasteiger partial charge on any atom is -0.399 e. The van der Waals surface area contributed by atoms with E-state index in [1.54, 1.807) is 0 Å². The van der Waals surface area contributed by atoms with Crippen LogP contribution in [-0.2, 0) is 13.0 Å². The van der Waals surface area contributed by atoms with Crippen molar-refractivity contribution in [3.8, 4) is 0 Å². The maximum Gasteiger partial charge on any atom is 0.133 e. The van der Waals surface area contributed by atoms with E-state index in [0.717, 1.165) is 36.5 Å². The summed E-state index contributed by atoms with van der Waals surface area (Å²) in [5.74, 6) is 0.864. The van der Waals surface area contributed by atoms with Crippen LogP contribution in [0.15, 0.2) is 28.8 Å². The molecule has 2 aromatic rings. The Morgan fingerprint density at radius 1 is 1.42 bits per heavy atom. The molecule has 0 bridgehead atoms. The third-order valence-electron chi connectivity index (χ3n) is 3.83. The number of nitrogen functional groups attached to an aromatic ring is 1. The van der Waals surface area contributed by atoms with Crippen LogP contribution in [0, 0.1) is 6.92 Å². The summed E-state index contributed by atoms with van der Waals surface area (Å²) in [4.78, 5) is 2.33. The fourth-order valence-corrected chi connectivity index (χ4v) is 2.93. The van der Waals surface area contributed by atoms with Gasteiger partial charge in [-0.1, -0.05) is 11.2 Å². The van der Waals surface area contributed by atoms with Gasteiger partial charge in [0.2, 0.25) is 0 Å². The first-order chi connectivity index (χ1) is 9.13. The molecule has 1 atom stereocenters. The van der Waals surface area contributed by atoms with E-state index in [1.807, 2.05) is 19.1 Å². The van der Waals surface area contributed by atoms with Crippen molar-refractivity contribution < 1.29 is 4.52 Å². The molecule has 3 rings (SSSR count). The second-order valence-electron chi connectivity index (χ2n) is 5.36. The fraction of sp³-hybridized carbons (Fsp3) is 0.400. The van der Waals surface area contributed by atoms with Gasteiger partial charge in [0, 0.05) is 24.3 Å². The summed E-state index contributed by atoms with van der Waals surface area (Å²) in [5, 5.41) is 4.06. The third kappa shape index (κ3) is 2.36. The largest absolute Gasteiger partial charge is 0.399 e. The van der Waals surface area contributed by atoms with Crippen molar-refractivity contribution in [1.82, 2.24) is 10.1 Å². The van der Waals surface area contributed by atoms with Gasteiger partial charge in [0.1, 0.15) is 5.76 Å². The van der Waals surface area contributed by atoms with E-state index in [1.165, 1.54) is 11.1 Å². The van der Waals surface area contributed by atoms with Crippen LogP contribution in [0.3, 0.4) is 0 Å². The number of anilines is 1. The molecule has 19 heavy (non-hydrogen) atoms. The summed E-state index contributed by atoms with van der Waals surface area (Å²) in [6.07, 6.45) is 2.25. The highest BCUT2D eigenvalue weighted by molar-refractivity contribution is 5.47. The molecular formula is C15H19N3O. The Morgan fingerprint density at radius 2 is 2.26 bits per heavy atom. The number of hydrogen-bond acceptors (Lipinski definition) is 4. The molecular weight excluding hydrogens is 238 g/mol. The van der Waals surface area contributed by atoms with Crippen molar-refractivity contribution in [2.24, 2.45) is 0 Å². The molecule has 0 aliphatic heterocycles. The summed E-state index contributed by atoms with van der Waals surface area (Å²) in [6.45, 7) is 2.73. The number of aromatic nitrogens is 1. The van der Waals surface area contributed by atoms with Crippen molar-refractivity contribution in [3.63, 3.8) is 0 Å². The van der Waals surface area contributed by atoms with Gasteiger partial charge in [0.05, 0.1) is 5.69 Å². The van der Waals surface area contributed by atoms with Gasteiger partial charge in [-0.3, -0.25) is 4.90 Å². The molecule has 1 aromatic heterocycles. The minimum atomic E-state index is 0.451. The molecule has 2 N–H and O–H groups in total. The van der Waals surface area contributed by atoms with Gasteiger partial charge in [0.25, 0.3) is 0 Å². The van der Waals surface area contributed by atoms with Crippen molar-refractivity contribution in [2.45, 2.75) is 32.4 Å². The van der Waals surface area contributed by atoms with E-state index < -0.39 is 0 Å². The number of fused-ring (bicyclic) bond motifs is 1. The van der Waals surface area contributed by atoms with Crippen LogP contribution in [0.5, 0.6) is 0 Å². The van der Waals surface area contributed by atoms with Gasteiger partial charge >= 0.3 is 0 Å². The number of nitrogens with zero attached hydrogens (tertiary/aromatic N) is 2. The molecule has 100 valence electrons. The zero-order valence-corrected chi connectivity index (χ0v) is 11.4. The highest BCUT2D eigenvalue weighted by Gasteiger charge is 2.26. The van der Waals surface area contributed by atoms with Crippen LogP contribution in [0.25, 0.3) is 0 Å². The second kappa shape index (κ2) is 4.70. The smallest absolute Gasteiger partial charge is 0.133 e. The zero-order chi connectivity index (χ0) is 13.4. The standard InChI is InChI=1S/C15H19N3O/c1-10-7-13(17-19-10)9-18(2)15-6-3-11-8-12(16)4-5-14(11)15/h4-5,7-8,15H,3,6,9,16H2,1-2H3. The molecule has 1 aliphatic carbocycles. The highest BCUT2D eigenvalue weighted by atomic mass is 16.5. The van der Waals surface area contributed by atoms with Crippen molar-refractivity contribution >= 4 is 5.69 Å². The Balaban J connectivity index is 1.77. The second-order valence-corrected chi connectivity index (χ2v) is 5.36. The first-order valence-electron chi connectivity index (χ1n) is 6.64. The van der Waals surface area contributed by atoms with E-state index >= 15 is 0 Å². The van der Waals surface area contributed by atoms with Gasteiger partial charge < -0.3 is 10.3 Å². The molecule has 4 heteroatoms. The lowest BCUT2D eigenvalue weighted by atomic mass is 10.1. The highest BCUT2D eigenvalue weighted by Crippen LogP contribution is 2.36. The van der Waals surface area contributed by atoms with Crippen molar-refractivity contribution in [3.05, 3.63) is 46.8 Å². The molecule has 0 saturated carbocycles. The molecule has 0 radical (unpaired) electrons. The van der Waals surface area contributed by atoms with E-state index in [-0.39, 0.29) is 0 Å². The first-order valence-corrected chi connectivity index (χ1v) is 6.64. The number of nitrogens with two attached hydrogens (primary N) is 1. The average molecular weight is 257 g/mol. The Morgan fingerprint density at radius 3 is 3.00 bits per heavy atom. The fourth-order valence-electron chi connectivity index (χ4n) is 2.93. The minimum absolute atomic E-state index is 0.451. The van der Waals surface area contributed by atoms with Crippen molar-refractivity contribution in [1.29, 1.82) is 0 Å². The number of benzene rings is 1. The van der Waals surface area contributed by atoms with Gasteiger partial charge in [-0.15, -0.1) is 0 Å². The molecule has 1 aromatic carbocycles. The van der Waals surface area contributed by atoms with Gasteiger partial charge in [-0.25, -0.2) is 0 Å². The van der Waals surface area contributed by atoms with Crippen LogP contribution >= 0.6 is 0 Å². The lowest BCUT2D eigenvalue weighted by molar-refractivity contribution is 0.228. The lowest BCUT2D eigenvalue weighted by Crippen LogP contribution is -2.22. The molecule has 1 heterocycles. The Kier molecular flexibility index (Phi) is 3.03. The van der Waals surface area contributed by atoms with Gasteiger partial charge in [-0.2, -0.15) is 0 Å². The quantitative estimate of drug-likeness (QED) is 0.859. The topological polar surface area (TPSA) is 55.3 Å². The maximum atomic E-state index is 5.84. The molecule has 4 nitrogen and oxygen atoms in total. The molecule has 0 saturated heterocycles. The predicted octanol–water partition coefficient (Wildman–Crippen LogP) is 2.68. The molecule has 0 fully saturated rings. The summed E-state index contributed by atoms with van der Waals surface area (Å²) < 4.78 is 5.12. The summed E-state index contributed by atoms with van der Waals surface area (Å²) in [7, 11) is 2.14. The maximum absolute atomic E-state index is 5.84. The Hall–Kier alpha value is -1.81. The first kappa shape index (κ1) is 12.2. The number of rotatable bonds is 3. The van der Waals surface area contributed by atoms with Crippen LogP contribution in [-0.4, -0.2) is 17.1 Å². The molecule has 1 aliphatic rings. The SMILES string of the molecule is Cc1cc(CN(C)C2CCc3cc(N)ccc32)no1. The van der Waals surface area contributed by atoms with Crippen LogP contribution in [0.2, 0.25) is 0 Å². The van der Waals surface area contributed by atoms with Crippen molar-refractivity contribution in [2.75, 3.05) is 12.8 Å². The number of hydrogen-bond donors (Lipinski definition) is 1. The zero-order valence-electron chi connectivity index (χ0n) is 11.4. The third-order valence-corrected chi connectivity index (χ3v) is 3.83. The molecule has 1 unspecified atom stereocenters. The van der Waals surface area contributed by atoms with E-state index in [9.17, 15) is 0 Å². The van der Waals surface area contributed by atoms with Crippen LogP contribution in [0.1, 0.15) is 35.0 Å². The van der Waals surface area contributed by atoms with Gasteiger partial charge in [0.15, 0.2) is 0 Å². The number of aryl methyl sites for hydroxylation is 2. The van der Waals surface area contributed by atoms with Crippen LogP contribution in [0.4, 0.5) is 5.69 Å². The van der Waals surface area contributed by atoms with E-state index in [0.29, 0.717) is 6.04 Å². The van der Waals surface area contributed by atoms with Gasteiger partial charge in [-0.05, 0) is 50.1 Å².